The zero-order valence-corrected chi connectivity index (χ0v) is 16.6. The number of hydrogen-bond acceptors (Lipinski definition) is 4. The van der Waals surface area contributed by atoms with E-state index in [1.165, 1.54) is 7.11 Å². The highest BCUT2D eigenvalue weighted by molar-refractivity contribution is 5.83. The summed E-state index contributed by atoms with van der Waals surface area (Å²) in [5.41, 5.74) is 1.16. The molecule has 1 aromatic carbocycles. The Labute approximate surface area is 157 Å². The van der Waals surface area contributed by atoms with Crippen LogP contribution < -0.4 is 0 Å². The molecule has 1 aliphatic rings. The number of esters is 1. The SMILES string of the molecule is CC(C)C.COC(=O)CN1C(=O)CCC1CCCOCc1ccccc1. The van der Waals surface area contributed by atoms with E-state index >= 15 is 0 Å². The van der Waals surface area contributed by atoms with Gasteiger partial charge in [-0.05, 0) is 30.7 Å². The summed E-state index contributed by atoms with van der Waals surface area (Å²) in [4.78, 5) is 24.8. The second kappa shape index (κ2) is 12.5. The van der Waals surface area contributed by atoms with Gasteiger partial charge in [0.05, 0.1) is 13.7 Å². The Bertz CT molecular complexity index is 527. The van der Waals surface area contributed by atoms with Crippen LogP contribution in [0.25, 0.3) is 0 Å². The van der Waals surface area contributed by atoms with Gasteiger partial charge in [-0.1, -0.05) is 51.1 Å². The Balaban J connectivity index is 0.000000765. The van der Waals surface area contributed by atoms with Crippen molar-refractivity contribution in [2.24, 2.45) is 5.92 Å². The van der Waals surface area contributed by atoms with E-state index in [-0.39, 0.29) is 24.5 Å². The average molecular weight is 363 g/mol. The molecule has 0 saturated carbocycles. The molecule has 1 atom stereocenters. The smallest absolute Gasteiger partial charge is 0.325 e. The maximum Gasteiger partial charge on any atom is 0.325 e. The third-order valence-electron chi connectivity index (χ3n) is 3.92. The Morgan fingerprint density at radius 1 is 1.23 bits per heavy atom. The molecule has 0 radical (unpaired) electrons. The van der Waals surface area contributed by atoms with Crippen molar-refractivity contribution in [3.63, 3.8) is 0 Å². The van der Waals surface area contributed by atoms with E-state index in [9.17, 15) is 9.59 Å². The molecule has 5 heteroatoms. The summed E-state index contributed by atoms with van der Waals surface area (Å²) in [5.74, 6) is 0.515. The van der Waals surface area contributed by atoms with Crippen molar-refractivity contribution in [2.45, 2.75) is 59.1 Å². The van der Waals surface area contributed by atoms with Gasteiger partial charge in [-0.15, -0.1) is 0 Å². The lowest BCUT2D eigenvalue weighted by Crippen LogP contribution is -2.37. The Morgan fingerprint density at radius 3 is 2.50 bits per heavy atom. The average Bonchev–Trinajstić information content (AvgIpc) is 2.95. The normalized spacial score (nSPS) is 16.4. The van der Waals surface area contributed by atoms with Gasteiger partial charge in [-0.25, -0.2) is 0 Å². The van der Waals surface area contributed by atoms with E-state index in [1.54, 1.807) is 4.90 Å². The number of amides is 1. The lowest BCUT2D eigenvalue weighted by Gasteiger charge is -2.23. The third-order valence-corrected chi connectivity index (χ3v) is 3.92. The first kappa shape index (κ1) is 22.2. The molecule has 1 saturated heterocycles. The number of ether oxygens (including phenoxy) is 2. The van der Waals surface area contributed by atoms with E-state index in [1.807, 2.05) is 30.3 Å². The molecule has 1 fully saturated rings. The molecule has 2 rings (SSSR count). The quantitative estimate of drug-likeness (QED) is 0.521. The van der Waals surface area contributed by atoms with Gasteiger partial charge in [0.2, 0.25) is 5.91 Å². The van der Waals surface area contributed by atoms with Gasteiger partial charge in [0.25, 0.3) is 0 Å². The van der Waals surface area contributed by atoms with Crippen LogP contribution in [0.2, 0.25) is 0 Å². The number of hydrogen-bond donors (Lipinski definition) is 0. The summed E-state index contributed by atoms with van der Waals surface area (Å²) < 4.78 is 10.3. The molecule has 0 bridgehead atoms. The van der Waals surface area contributed by atoms with E-state index in [4.69, 9.17) is 4.74 Å². The molecular formula is C21H33NO4. The summed E-state index contributed by atoms with van der Waals surface area (Å²) in [6.07, 6.45) is 3.07. The summed E-state index contributed by atoms with van der Waals surface area (Å²) in [5, 5.41) is 0. The standard InChI is InChI=1S/C17H23NO4.C4H10/c1-21-17(20)12-18-15(9-10-16(18)19)8-5-11-22-13-14-6-3-2-4-7-14;1-4(2)3/h2-4,6-7,15H,5,8-13H2,1H3;4H,1-3H3. The summed E-state index contributed by atoms with van der Waals surface area (Å²) in [7, 11) is 1.34. The molecular weight excluding hydrogens is 330 g/mol. The molecule has 0 aromatic heterocycles. The maximum absolute atomic E-state index is 11.8. The predicted octanol–water partition coefficient (Wildman–Crippen LogP) is 3.81. The van der Waals surface area contributed by atoms with Gasteiger partial charge in [-0.2, -0.15) is 0 Å². The van der Waals surface area contributed by atoms with E-state index in [0.717, 1.165) is 30.7 Å². The summed E-state index contributed by atoms with van der Waals surface area (Å²) in [6.45, 7) is 7.83. The molecule has 0 N–H and O–H groups in total. The van der Waals surface area contributed by atoms with Crippen molar-refractivity contribution < 1.29 is 19.1 Å². The number of rotatable bonds is 8. The summed E-state index contributed by atoms with van der Waals surface area (Å²) >= 11 is 0. The number of benzene rings is 1. The highest BCUT2D eigenvalue weighted by Gasteiger charge is 2.31. The lowest BCUT2D eigenvalue weighted by atomic mass is 10.1. The number of nitrogens with zero attached hydrogens (tertiary/aromatic N) is 1. The highest BCUT2D eigenvalue weighted by atomic mass is 16.5. The van der Waals surface area contributed by atoms with Crippen LogP contribution in [0.15, 0.2) is 30.3 Å². The van der Waals surface area contributed by atoms with E-state index in [0.29, 0.717) is 19.6 Å². The molecule has 146 valence electrons. The van der Waals surface area contributed by atoms with E-state index < -0.39 is 0 Å². The zero-order chi connectivity index (χ0) is 19.4. The van der Waals surface area contributed by atoms with Gasteiger partial charge in [0.15, 0.2) is 0 Å². The fourth-order valence-electron chi connectivity index (χ4n) is 2.70. The molecule has 0 spiro atoms. The predicted molar refractivity (Wildman–Crippen MR) is 103 cm³/mol. The van der Waals surface area contributed by atoms with Crippen LogP contribution in [-0.4, -0.2) is 43.1 Å². The molecule has 26 heavy (non-hydrogen) atoms. The van der Waals surface area contributed by atoms with Gasteiger partial charge >= 0.3 is 5.97 Å². The Kier molecular flexibility index (Phi) is 10.6. The van der Waals surface area contributed by atoms with E-state index in [2.05, 4.69) is 25.5 Å². The number of likely N-dealkylation sites (tertiary alicyclic amines) is 1. The molecule has 1 heterocycles. The van der Waals surface area contributed by atoms with Crippen LogP contribution in [0.4, 0.5) is 0 Å². The van der Waals surface area contributed by atoms with Gasteiger partial charge in [0, 0.05) is 19.1 Å². The first-order valence-electron chi connectivity index (χ1n) is 9.42. The first-order valence-corrected chi connectivity index (χ1v) is 9.42. The number of carbonyl (C=O) groups excluding carboxylic acids is 2. The van der Waals surface area contributed by atoms with Gasteiger partial charge in [-0.3, -0.25) is 9.59 Å². The minimum atomic E-state index is -0.361. The number of carbonyl (C=O) groups is 2. The van der Waals surface area contributed by atoms with Crippen molar-refractivity contribution >= 4 is 11.9 Å². The number of methoxy groups -OCH3 is 1. The van der Waals surface area contributed by atoms with Crippen molar-refractivity contribution in [3.8, 4) is 0 Å². The largest absolute Gasteiger partial charge is 0.468 e. The van der Waals surface area contributed by atoms with Crippen LogP contribution in [0.5, 0.6) is 0 Å². The first-order chi connectivity index (χ1) is 12.4. The zero-order valence-electron chi connectivity index (χ0n) is 16.6. The second-order valence-electron chi connectivity index (χ2n) is 7.20. The van der Waals surface area contributed by atoms with Gasteiger partial charge in [0.1, 0.15) is 6.54 Å². The highest BCUT2D eigenvalue weighted by Crippen LogP contribution is 2.22. The van der Waals surface area contributed by atoms with Crippen molar-refractivity contribution in [1.82, 2.24) is 4.90 Å². The third kappa shape index (κ3) is 8.99. The molecule has 1 aliphatic heterocycles. The molecule has 5 nitrogen and oxygen atoms in total. The van der Waals surface area contributed by atoms with Crippen molar-refractivity contribution in [2.75, 3.05) is 20.3 Å². The minimum Gasteiger partial charge on any atom is -0.468 e. The minimum absolute atomic E-state index is 0.0422. The second-order valence-corrected chi connectivity index (χ2v) is 7.20. The Hall–Kier alpha value is -1.88. The molecule has 1 amide bonds. The fraction of sp³-hybridized carbons (Fsp3) is 0.619. The summed E-state index contributed by atoms with van der Waals surface area (Å²) in [6, 6.07) is 10.2. The van der Waals surface area contributed by atoms with Crippen LogP contribution in [-0.2, 0) is 25.7 Å². The monoisotopic (exact) mass is 363 g/mol. The van der Waals surface area contributed by atoms with Crippen LogP contribution in [0, 0.1) is 5.92 Å². The van der Waals surface area contributed by atoms with Crippen molar-refractivity contribution in [1.29, 1.82) is 0 Å². The van der Waals surface area contributed by atoms with Crippen LogP contribution in [0.3, 0.4) is 0 Å². The van der Waals surface area contributed by atoms with Crippen LogP contribution in [0.1, 0.15) is 52.0 Å². The fourth-order valence-corrected chi connectivity index (χ4v) is 2.70. The molecule has 0 aliphatic carbocycles. The maximum atomic E-state index is 11.8. The van der Waals surface area contributed by atoms with Gasteiger partial charge < -0.3 is 14.4 Å². The van der Waals surface area contributed by atoms with Crippen molar-refractivity contribution in [3.05, 3.63) is 35.9 Å². The lowest BCUT2D eigenvalue weighted by molar-refractivity contribution is -0.146. The van der Waals surface area contributed by atoms with Crippen LogP contribution >= 0.6 is 0 Å². The molecule has 1 aromatic rings. The Morgan fingerprint density at radius 2 is 1.88 bits per heavy atom. The molecule has 1 unspecified atom stereocenters. The topological polar surface area (TPSA) is 55.8 Å².